The van der Waals surface area contributed by atoms with Crippen molar-refractivity contribution < 1.29 is 9.13 Å². The van der Waals surface area contributed by atoms with Crippen LogP contribution in [-0.4, -0.2) is 22.1 Å². The number of nitriles is 1. The molecule has 1 aromatic carbocycles. The van der Waals surface area contributed by atoms with Crippen LogP contribution in [0, 0.1) is 17.1 Å². The highest BCUT2D eigenvalue weighted by Crippen LogP contribution is 2.49. The van der Waals surface area contributed by atoms with Crippen molar-refractivity contribution in [1.82, 2.24) is 15.0 Å². The molecule has 2 heterocycles. The fourth-order valence-corrected chi connectivity index (χ4v) is 3.45. The zero-order valence-electron chi connectivity index (χ0n) is 15.5. The number of nitrogen functional groups attached to an aromatic ring is 1. The van der Waals surface area contributed by atoms with E-state index in [0.29, 0.717) is 28.4 Å². The Morgan fingerprint density at radius 1 is 1.36 bits per heavy atom. The van der Waals surface area contributed by atoms with Gasteiger partial charge in [-0.2, -0.15) is 5.26 Å². The van der Waals surface area contributed by atoms with Gasteiger partial charge in [0.05, 0.1) is 24.4 Å². The van der Waals surface area contributed by atoms with Crippen LogP contribution in [0.3, 0.4) is 0 Å². The first-order valence-corrected chi connectivity index (χ1v) is 8.97. The van der Waals surface area contributed by atoms with Gasteiger partial charge < -0.3 is 15.8 Å². The molecule has 7 nitrogen and oxygen atoms in total. The smallest absolute Gasteiger partial charge is 0.150 e. The Balaban J connectivity index is 1.84. The molecule has 2 aromatic heterocycles. The van der Waals surface area contributed by atoms with Gasteiger partial charge in [-0.25, -0.2) is 14.4 Å². The largest absolute Gasteiger partial charge is 0.496 e. The van der Waals surface area contributed by atoms with Gasteiger partial charge in [0.2, 0.25) is 0 Å². The predicted octanol–water partition coefficient (Wildman–Crippen LogP) is 3.68. The Kier molecular flexibility index (Phi) is 4.43. The number of hydrogen-bond acceptors (Lipinski definition) is 7. The van der Waals surface area contributed by atoms with E-state index in [0.717, 1.165) is 24.1 Å². The summed E-state index contributed by atoms with van der Waals surface area (Å²) in [7, 11) is 1.59. The van der Waals surface area contributed by atoms with Crippen molar-refractivity contribution in [3.05, 3.63) is 47.2 Å². The van der Waals surface area contributed by atoms with E-state index in [4.69, 9.17) is 15.5 Å². The minimum Gasteiger partial charge on any atom is -0.496 e. The Hall–Kier alpha value is -3.47. The maximum absolute atomic E-state index is 13.8. The van der Waals surface area contributed by atoms with Gasteiger partial charge in [-0.1, -0.05) is 0 Å². The quantitative estimate of drug-likeness (QED) is 0.697. The number of anilines is 2. The SMILES string of the molecule is COc1c(C2CC2)c(C(C)Nc2ncnc(N)c2C#N)nc2ccc(F)cc12. The number of rotatable bonds is 5. The summed E-state index contributed by atoms with van der Waals surface area (Å²) in [6.45, 7) is 1.93. The molecule has 0 aliphatic heterocycles. The Bertz CT molecular complexity index is 1110. The Labute approximate surface area is 161 Å². The molecule has 0 spiro atoms. The number of halogens is 1. The summed E-state index contributed by atoms with van der Waals surface area (Å²) in [5, 5.41) is 13.2. The molecule has 1 aliphatic rings. The molecule has 1 unspecified atom stereocenters. The number of nitrogens with two attached hydrogens (primary N) is 1. The number of methoxy groups -OCH3 is 1. The molecule has 1 saturated carbocycles. The highest BCUT2D eigenvalue weighted by molar-refractivity contribution is 5.87. The van der Waals surface area contributed by atoms with Crippen molar-refractivity contribution in [1.29, 1.82) is 5.26 Å². The van der Waals surface area contributed by atoms with E-state index in [1.54, 1.807) is 13.2 Å². The van der Waals surface area contributed by atoms with Crippen LogP contribution in [0.5, 0.6) is 5.75 Å². The first kappa shape index (κ1) is 17.9. The van der Waals surface area contributed by atoms with Crippen LogP contribution < -0.4 is 15.8 Å². The lowest BCUT2D eigenvalue weighted by Crippen LogP contribution is -2.15. The summed E-state index contributed by atoms with van der Waals surface area (Å²) in [6, 6.07) is 6.23. The van der Waals surface area contributed by atoms with Crippen molar-refractivity contribution in [2.24, 2.45) is 0 Å². The lowest BCUT2D eigenvalue weighted by atomic mass is 9.99. The molecule has 1 aliphatic carbocycles. The van der Waals surface area contributed by atoms with Gasteiger partial charge in [0.25, 0.3) is 0 Å². The third-order valence-corrected chi connectivity index (χ3v) is 4.91. The topological polar surface area (TPSA) is 110 Å². The molecule has 28 heavy (non-hydrogen) atoms. The number of pyridine rings is 1. The molecule has 0 bridgehead atoms. The van der Waals surface area contributed by atoms with Crippen molar-refractivity contribution in [2.75, 3.05) is 18.2 Å². The summed E-state index contributed by atoms with van der Waals surface area (Å²) in [5.41, 5.74) is 8.39. The highest BCUT2D eigenvalue weighted by Gasteiger charge is 2.33. The molecular weight excluding hydrogens is 359 g/mol. The molecule has 0 radical (unpaired) electrons. The van der Waals surface area contributed by atoms with E-state index in [1.165, 1.54) is 18.5 Å². The van der Waals surface area contributed by atoms with E-state index >= 15 is 0 Å². The third kappa shape index (κ3) is 3.05. The minimum atomic E-state index is -0.330. The number of ether oxygens (including phenoxy) is 1. The van der Waals surface area contributed by atoms with Crippen LogP contribution in [0.15, 0.2) is 24.5 Å². The molecule has 0 amide bonds. The lowest BCUT2D eigenvalue weighted by Gasteiger charge is -2.21. The molecular formula is C20H19FN6O. The summed E-state index contributed by atoms with van der Waals surface area (Å²) in [6.07, 6.45) is 3.37. The second kappa shape index (κ2) is 6.93. The molecule has 142 valence electrons. The average Bonchev–Trinajstić information content (AvgIpc) is 3.51. The van der Waals surface area contributed by atoms with Gasteiger partial charge >= 0.3 is 0 Å². The average molecular weight is 378 g/mol. The number of nitrogens with one attached hydrogen (secondary N) is 1. The number of fused-ring (bicyclic) bond motifs is 1. The van der Waals surface area contributed by atoms with E-state index < -0.39 is 0 Å². The molecule has 1 fully saturated rings. The second-order valence-electron chi connectivity index (χ2n) is 6.84. The number of nitrogens with zero attached hydrogens (tertiary/aromatic N) is 4. The summed E-state index contributed by atoms with van der Waals surface area (Å²) < 4.78 is 19.5. The van der Waals surface area contributed by atoms with Crippen LogP contribution in [0.2, 0.25) is 0 Å². The monoisotopic (exact) mass is 378 g/mol. The Morgan fingerprint density at radius 3 is 2.82 bits per heavy atom. The van der Waals surface area contributed by atoms with Crippen LogP contribution in [0.1, 0.15) is 48.5 Å². The van der Waals surface area contributed by atoms with Gasteiger partial charge in [0.15, 0.2) is 0 Å². The van der Waals surface area contributed by atoms with Gasteiger partial charge in [-0.05, 0) is 43.9 Å². The zero-order chi connectivity index (χ0) is 19.8. The zero-order valence-corrected chi connectivity index (χ0v) is 15.5. The fourth-order valence-electron chi connectivity index (χ4n) is 3.45. The molecule has 1 atom stereocenters. The van der Waals surface area contributed by atoms with Gasteiger partial charge in [0, 0.05) is 10.9 Å². The first-order valence-electron chi connectivity index (χ1n) is 8.97. The fraction of sp³-hybridized carbons (Fsp3) is 0.300. The van der Waals surface area contributed by atoms with E-state index in [9.17, 15) is 9.65 Å². The van der Waals surface area contributed by atoms with Gasteiger partial charge in [0.1, 0.15) is 41.2 Å². The van der Waals surface area contributed by atoms with Crippen LogP contribution in [0.25, 0.3) is 10.9 Å². The van der Waals surface area contributed by atoms with E-state index in [-0.39, 0.29) is 23.2 Å². The molecule has 4 rings (SSSR count). The van der Waals surface area contributed by atoms with Crippen LogP contribution >= 0.6 is 0 Å². The molecule has 8 heteroatoms. The molecule has 3 aromatic rings. The second-order valence-corrected chi connectivity index (χ2v) is 6.84. The first-order chi connectivity index (χ1) is 13.5. The molecule has 3 N–H and O–H groups in total. The summed E-state index contributed by atoms with van der Waals surface area (Å²) in [5.74, 6) is 1.11. The summed E-state index contributed by atoms with van der Waals surface area (Å²) in [4.78, 5) is 12.8. The van der Waals surface area contributed by atoms with Gasteiger partial charge in [-0.15, -0.1) is 0 Å². The maximum Gasteiger partial charge on any atom is 0.150 e. The van der Waals surface area contributed by atoms with Crippen molar-refractivity contribution >= 4 is 22.5 Å². The van der Waals surface area contributed by atoms with Crippen LogP contribution in [0.4, 0.5) is 16.0 Å². The predicted molar refractivity (Wildman–Crippen MR) is 103 cm³/mol. The normalized spacial score (nSPS) is 14.5. The third-order valence-electron chi connectivity index (χ3n) is 4.91. The van der Waals surface area contributed by atoms with Crippen molar-refractivity contribution in [3.63, 3.8) is 0 Å². The van der Waals surface area contributed by atoms with Crippen LogP contribution in [-0.2, 0) is 0 Å². The lowest BCUT2D eigenvalue weighted by molar-refractivity contribution is 0.413. The highest BCUT2D eigenvalue weighted by atomic mass is 19.1. The number of benzene rings is 1. The summed E-state index contributed by atoms with van der Waals surface area (Å²) >= 11 is 0. The maximum atomic E-state index is 13.8. The van der Waals surface area contributed by atoms with Crippen molar-refractivity contribution in [3.8, 4) is 11.8 Å². The minimum absolute atomic E-state index is 0.120. The molecule has 0 saturated heterocycles. The Morgan fingerprint density at radius 2 is 2.14 bits per heavy atom. The van der Waals surface area contributed by atoms with Gasteiger partial charge in [-0.3, -0.25) is 4.98 Å². The van der Waals surface area contributed by atoms with Crippen molar-refractivity contribution in [2.45, 2.75) is 31.7 Å². The number of aromatic nitrogens is 3. The standard InChI is InChI=1S/C20H19FN6O/c1-10(26-20-14(8-22)19(23)24-9-25-20)17-16(11-3-4-11)18(28-2)13-7-12(21)5-6-15(13)27-17/h5-7,9-11H,3-4H2,1-2H3,(H3,23,24,25,26). The van der Waals surface area contributed by atoms with E-state index in [2.05, 4.69) is 15.3 Å². The van der Waals surface area contributed by atoms with E-state index in [1.807, 2.05) is 13.0 Å². The number of hydrogen-bond donors (Lipinski definition) is 2.